The highest BCUT2D eigenvalue weighted by Crippen LogP contribution is 2.40. The summed E-state index contributed by atoms with van der Waals surface area (Å²) in [5.74, 6) is 0. The first-order valence-electron chi connectivity index (χ1n) is 6.02. The third-order valence-corrected chi connectivity index (χ3v) is 8.72. The molecule has 0 aromatic rings. The summed E-state index contributed by atoms with van der Waals surface area (Å²) in [4.78, 5) is 12.6. The van der Waals surface area contributed by atoms with Crippen LogP contribution in [0.2, 0.25) is 18.1 Å². The second-order valence-electron chi connectivity index (χ2n) is 6.38. The molecule has 94 valence electrons. The van der Waals surface area contributed by atoms with Crippen molar-refractivity contribution in [1.82, 2.24) is 4.90 Å². The quantitative estimate of drug-likeness (QED) is 0.563. The molecule has 4 heteroatoms. The highest BCUT2D eigenvalue weighted by Gasteiger charge is 2.48. The van der Waals surface area contributed by atoms with Crippen LogP contribution in [0, 0.1) is 0 Å². The van der Waals surface area contributed by atoms with Crippen LogP contribution >= 0.6 is 0 Å². The van der Waals surface area contributed by atoms with Crippen LogP contribution in [0.4, 0.5) is 0 Å². The van der Waals surface area contributed by atoms with Crippen molar-refractivity contribution in [2.24, 2.45) is 0 Å². The van der Waals surface area contributed by atoms with Crippen molar-refractivity contribution in [2.45, 2.75) is 70.9 Å². The molecule has 1 heterocycles. The minimum Gasteiger partial charge on any atom is -0.410 e. The molecule has 1 amide bonds. The van der Waals surface area contributed by atoms with Crippen LogP contribution < -0.4 is 0 Å². The van der Waals surface area contributed by atoms with Gasteiger partial charge in [0.1, 0.15) is 0 Å². The van der Waals surface area contributed by atoms with Crippen LogP contribution in [-0.4, -0.2) is 37.8 Å². The average Bonchev–Trinajstić information content (AvgIpc) is 2.13. The van der Waals surface area contributed by atoms with Gasteiger partial charge in [-0.15, -0.1) is 0 Å². The summed E-state index contributed by atoms with van der Waals surface area (Å²) >= 11 is 0. The van der Waals surface area contributed by atoms with Gasteiger partial charge in [0.2, 0.25) is 6.41 Å². The molecule has 0 aromatic carbocycles. The lowest BCUT2D eigenvalue weighted by molar-refractivity contribution is -0.144. The lowest BCUT2D eigenvalue weighted by Gasteiger charge is -2.54. The lowest BCUT2D eigenvalue weighted by Crippen LogP contribution is -2.68. The number of likely N-dealkylation sites (tertiary alicyclic amines) is 1. The van der Waals surface area contributed by atoms with E-state index in [0.29, 0.717) is 0 Å². The SMILES string of the molecule is CC1C(O[Si](C)(C)C(C)(C)C)[C@H](C)N1C=O. The predicted octanol–water partition coefficient (Wildman–Crippen LogP) is 2.63. The minimum atomic E-state index is -1.71. The minimum absolute atomic E-state index is 0.214. The number of carbonyl (C=O) groups excluding carboxylic acids is 1. The third kappa shape index (κ3) is 2.18. The Hall–Kier alpha value is -0.353. The summed E-state index contributed by atoms with van der Waals surface area (Å²) in [7, 11) is -1.71. The summed E-state index contributed by atoms with van der Waals surface area (Å²) < 4.78 is 6.33. The van der Waals surface area contributed by atoms with Crippen molar-refractivity contribution in [3.63, 3.8) is 0 Å². The van der Waals surface area contributed by atoms with Crippen LogP contribution in [0.15, 0.2) is 0 Å². The fraction of sp³-hybridized carbons (Fsp3) is 0.917. The summed E-state index contributed by atoms with van der Waals surface area (Å²) in [6, 6.07) is 0.447. The van der Waals surface area contributed by atoms with Crippen LogP contribution in [0.25, 0.3) is 0 Å². The van der Waals surface area contributed by atoms with Crippen molar-refractivity contribution < 1.29 is 9.22 Å². The second kappa shape index (κ2) is 4.15. The van der Waals surface area contributed by atoms with Gasteiger partial charge in [-0.05, 0) is 32.0 Å². The van der Waals surface area contributed by atoms with E-state index in [-0.39, 0.29) is 23.2 Å². The number of rotatable bonds is 3. The number of hydrogen-bond acceptors (Lipinski definition) is 2. The topological polar surface area (TPSA) is 29.5 Å². The molecule has 1 saturated heterocycles. The molecule has 1 fully saturated rings. The first-order valence-corrected chi connectivity index (χ1v) is 8.93. The molecule has 0 radical (unpaired) electrons. The van der Waals surface area contributed by atoms with Crippen molar-refractivity contribution in [3.05, 3.63) is 0 Å². The second-order valence-corrected chi connectivity index (χ2v) is 11.1. The molecule has 0 bridgehead atoms. The Kier molecular flexibility index (Phi) is 3.55. The van der Waals surface area contributed by atoms with Crippen molar-refractivity contribution in [3.8, 4) is 0 Å². The molecule has 1 aliphatic heterocycles. The van der Waals surface area contributed by atoms with Gasteiger partial charge in [0.25, 0.3) is 0 Å². The fourth-order valence-electron chi connectivity index (χ4n) is 1.92. The van der Waals surface area contributed by atoms with E-state index in [1.165, 1.54) is 0 Å². The summed E-state index contributed by atoms with van der Waals surface area (Å²) in [5, 5.41) is 0.230. The predicted molar refractivity (Wildman–Crippen MR) is 68.9 cm³/mol. The number of carbonyl (C=O) groups is 1. The normalized spacial score (nSPS) is 31.2. The molecule has 0 spiro atoms. The molecule has 0 aromatic heterocycles. The molecule has 3 nitrogen and oxygen atoms in total. The van der Waals surface area contributed by atoms with Crippen molar-refractivity contribution in [2.75, 3.05) is 0 Å². The van der Waals surface area contributed by atoms with Gasteiger partial charge >= 0.3 is 0 Å². The fourth-order valence-corrected chi connectivity index (χ4v) is 3.35. The molecule has 2 unspecified atom stereocenters. The van der Waals surface area contributed by atoms with Crippen molar-refractivity contribution >= 4 is 14.7 Å². The van der Waals surface area contributed by atoms with Gasteiger partial charge in [0.05, 0.1) is 18.2 Å². The molecular formula is C12H25NO2Si. The molecule has 1 aliphatic rings. The van der Waals surface area contributed by atoms with E-state index in [2.05, 4.69) is 47.7 Å². The first kappa shape index (κ1) is 13.7. The standard InChI is InChI=1S/C12H25NO2Si/c1-9-11(10(2)13(9)8-14)15-16(6,7)12(3,4)5/h8-11H,1-7H3/t9-,10?,11?/m0/s1. The largest absolute Gasteiger partial charge is 0.410 e. The highest BCUT2D eigenvalue weighted by molar-refractivity contribution is 6.74. The summed E-state index contributed by atoms with van der Waals surface area (Å²) in [6.45, 7) is 15.4. The molecule has 1 rings (SSSR count). The van der Waals surface area contributed by atoms with E-state index in [1.807, 2.05) is 4.90 Å². The summed E-state index contributed by atoms with van der Waals surface area (Å²) in [5.41, 5.74) is 0. The Balaban J connectivity index is 2.67. The number of hydrogen-bond donors (Lipinski definition) is 0. The molecule has 16 heavy (non-hydrogen) atoms. The summed E-state index contributed by atoms with van der Waals surface area (Å²) in [6.07, 6.45) is 1.15. The monoisotopic (exact) mass is 243 g/mol. The van der Waals surface area contributed by atoms with Gasteiger partial charge in [-0.3, -0.25) is 4.79 Å². The van der Waals surface area contributed by atoms with Crippen LogP contribution in [0.5, 0.6) is 0 Å². The van der Waals surface area contributed by atoms with Gasteiger partial charge in [-0.1, -0.05) is 20.8 Å². The maximum absolute atomic E-state index is 10.8. The zero-order valence-electron chi connectivity index (χ0n) is 11.6. The van der Waals surface area contributed by atoms with E-state index >= 15 is 0 Å². The molecule has 0 saturated carbocycles. The Morgan fingerprint density at radius 2 is 1.62 bits per heavy atom. The number of amides is 1. The zero-order valence-corrected chi connectivity index (χ0v) is 12.6. The van der Waals surface area contributed by atoms with Gasteiger partial charge in [0.15, 0.2) is 8.32 Å². The molecule has 0 N–H and O–H groups in total. The van der Waals surface area contributed by atoms with E-state index in [4.69, 9.17) is 4.43 Å². The maximum atomic E-state index is 10.8. The Bertz CT molecular complexity index is 263. The lowest BCUT2D eigenvalue weighted by atomic mass is 9.93. The van der Waals surface area contributed by atoms with Gasteiger partial charge in [0, 0.05) is 0 Å². The molecule has 3 atom stereocenters. The van der Waals surface area contributed by atoms with Crippen LogP contribution in [0.1, 0.15) is 34.6 Å². The van der Waals surface area contributed by atoms with Crippen LogP contribution in [0.3, 0.4) is 0 Å². The Morgan fingerprint density at radius 3 is 1.94 bits per heavy atom. The van der Waals surface area contributed by atoms with Crippen molar-refractivity contribution in [1.29, 1.82) is 0 Å². The third-order valence-electron chi connectivity index (χ3n) is 4.25. The highest BCUT2D eigenvalue weighted by atomic mass is 28.4. The molecular weight excluding hydrogens is 218 g/mol. The van der Waals surface area contributed by atoms with Gasteiger partial charge in [-0.25, -0.2) is 0 Å². The maximum Gasteiger partial charge on any atom is 0.210 e. The van der Waals surface area contributed by atoms with Crippen LogP contribution in [-0.2, 0) is 9.22 Å². The van der Waals surface area contributed by atoms with E-state index < -0.39 is 8.32 Å². The zero-order chi connectivity index (χ0) is 12.7. The Labute approximate surface area is 100 Å². The first-order chi connectivity index (χ1) is 7.12. The van der Waals surface area contributed by atoms with Gasteiger partial charge in [-0.2, -0.15) is 0 Å². The average molecular weight is 243 g/mol. The number of nitrogens with zero attached hydrogens (tertiary/aromatic N) is 1. The molecule has 0 aliphatic carbocycles. The smallest absolute Gasteiger partial charge is 0.210 e. The van der Waals surface area contributed by atoms with E-state index in [0.717, 1.165) is 6.41 Å². The Morgan fingerprint density at radius 1 is 1.19 bits per heavy atom. The van der Waals surface area contributed by atoms with Gasteiger partial charge < -0.3 is 9.33 Å². The van der Waals surface area contributed by atoms with E-state index in [9.17, 15) is 4.79 Å². The van der Waals surface area contributed by atoms with E-state index in [1.54, 1.807) is 0 Å².